The second-order valence-corrected chi connectivity index (χ2v) is 10.2. The van der Waals surface area contributed by atoms with E-state index in [1.54, 1.807) is 48.5 Å². The first-order chi connectivity index (χ1) is 18.8. The van der Waals surface area contributed by atoms with E-state index < -0.39 is 6.03 Å². The third-order valence-corrected chi connectivity index (χ3v) is 7.64. The molecule has 0 bridgehead atoms. The van der Waals surface area contributed by atoms with E-state index in [2.05, 4.69) is 15.6 Å². The number of halogens is 2. The van der Waals surface area contributed by atoms with Gasteiger partial charge in [-0.1, -0.05) is 29.3 Å². The number of piperidine rings is 1. The van der Waals surface area contributed by atoms with Crippen LogP contribution in [0.15, 0.2) is 66.9 Å². The minimum atomic E-state index is -0.465. The van der Waals surface area contributed by atoms with Gasteiger partial charge in [-0.25, -0.2) is 9.59 Å². The van der Waals surface area contributed by atoms with Crippen LogP contribution in [0.1, 0.15) is 45.0 Å². The van der Waals surface area contributed by atoms with Gasteiger partial charge in [-0.2, -0.15) is 0 Å². The molecule has 1 aliphatic heterocycles. The summed E-state index contributed by atoms with van der Waals surface area (Å²) in [7, 11) is 1.37. The fraction of sp³-hybridized carbons (Fsp3) is 0.207. The molecule has 4 aromatic rings. The van der Waals surface area contributed by atoms with Crippen molar-refractivity contribution in [3.63, 3.8) is 0 Å². The number of aromatic amines is 1. The van der Waals surface area contributed by atoms with Gasteiger partial charge < -0.3 is 25.3 Å². The zero-order valence-electron chi connectivity index (χ0n) is 21.1. The lowest BCUT2D eigenvalue weighted by molar-refractivity contribution is 0.0600. The van der Waals surface area contributed by atoms with E-state index in [-0.39, 0.29) is 17.8 Å². The lowest BCUT2D eigenvalue weighted by Crippen LogP contribution is -2.37. The van der Waals surface area contributed by atoms with E-state index in [9.17, 15) is 14.4 Å². The van der Waals surface area contributed by atoms with Crippen molar-refractivity contribution in [2.24, 2.45) is 0 Å². The van der Waals surface area contributed by atoms with Crippen molar-refractivity contribution in [3.05, 3.63) is 93.6 Å². The van der Waals surface area contributed by atoms with Crippen molar-refractivity contribution in [1.29, 1.82) is 0 Å². The number of esters is 1. The van der Waals surface area contributed by atoms with Crippen LogP contribution in [0.2, 0.25) is 10.0 Å². The summed E-state index contributed by atoms with van der Waals surface area (Å²) in [6.45, 7) is 1.20. The zero-order chi connectivity index (χ0) is 27.5. The minimum Gasteiger partial charge on any atom is -0.465 e. The van der Waals surface area contributed by atoms with Crippen LogP contribution < -0.4 is 10.6 Å². The number of benzene rings is 3. The number of carbonyl (C=O) groups is 3. The molecule has 39 heavy (non-hydrogen) atoms. The number of fused-ring (bicyclic) bond motifs is 1. The van der Waals surface area contributed by atoms with Crippen molar-refractivity contribution in [2.45, 2.75) is 18.8 Å². The predicted octanol–water partition coefficient (Wildman–Crippen LogP) is 6.93. The molecule has 1 aliphatic rings. The molecule has 0 saturated carbocycles. The fourth-order valence-electron chi connectivity index (χ4n) is 4.90. The molecule has 200 valence electrons. The van der Waals surface area contributed by atoms with Gasteiger partial charge in [-0.15, -0.1) is 0 Å². The van der Waals surface area contributed by atoms with E-state index in [0.29, 0.717) is 45.6 Å². The van der Waals surface area contributed by atoms with Gasteiger partial charge in [0.2, 0.25) is 0 Å². The SMILES string of the molecule is COC(=O)c1ccc2[nH]cc(C3CCN(C(=O)c4cccc(NC(=O)Nc5ccc(Cl)c(Cl)c5)c4)CC3)c2c1. The Bertz CT molecular complexity index is 1560. The first-order valence-corrected chi connectivity index (χ1v) is 13.2. The molecule has 0 unspecified atom stereocenters. The highest BCUT2D eigenvalue weighted by Gasteiger charge is 2.26. The highest BCUT2D eigenvalue weighted by molar-refractivity contribution is 6.42. The van der Waals surface area contributed by atoms with E-state index in [1.165, 1.54) is 7.11 Å². The quantitative estimate of drug-likeness (QED) is 0.229. The molecule has 3 aromatic carbocycles. The van der Waals surface area contributed by atoms with E-state index in [1.807, 2.05) is 23.2 Å². The zero-order valence-corrected chi connectivity index (χ0v) is 22.6. The largest absolute Gasteiger partial charge is 0.465 e. The van der Waals surface area contributed by atoms with Crippen LogP contribution in [0.25, 0.3) is 10.9 Å². The maximum atomic E-state index is 13.3. The number of anilines is 2. The van der Waals surface area contributed by atoms with Crippen molar-refractivity contribution in [1.82, 2.24) is 9.88 Å². The standard InChI is InChI=1S/C29H26Cl2N4O4/c1-39-28(37)19-5-8-26-22(14-19)23(16-32-26)17-9-11-35(12-10-17)27(36)18-3-2-4-20(13-18)33-29(38)34-21-6-7-24(30)25(31)15-21/h2-8,13-17,32H,9-12H2,1H3,(H2,33,34,38). The van der Waals surface area contributed by atoms with Crippen molar-refractivity contribution in [2.75, 3.05) is 30.8 Å². The molecule has 10 heteroatoms. The lowest BCUT2D eigenvalue weighted by atomic mass is 9.88. The highest BCUT2D eigenvalue weighted by Crippen LogP contribution is 2.34. The second kappa shape index (κ2) is 11.4. The predicted molar refractivity (Wildman–Crippen MR) is 153 cm³/mol. The number of H-pyrrole nitrogens is 1. The number of aromatic nitrogens is 1. The van der Waals surface area contributed by atoms with Gasteiger partial charge in [0, 0.05) is 47.1 Å². The lowest BCUT2D eigenvalue weighted by Gasteiger charge is -2.32. The Morgan fingerprint density at radius 1 is 0.897 bits per heavy atom. The van der Waals surface area contributed by atoms with Crippen LogP contribution in [-0.4, -0.2) is 48.0 Å². The number of likely N-dealkylation sites (tertiary alicyclic amines) is 1. The number of nitrogens with zero attached hydrogens (tertiary/aromatic N) is 1. The molecule has 0 aliphatic carbocycles. The number of ether oxygens (including phenoxy) is 1. The summed E-state index contributed by atoms with van der Waals surface area (Å²) in [5.74, 6) is -0.198. The molecule has 3 amide bonds. The van der Waals surface area contributed by atoms with Gasteiger partial charge >= 0.3 is 12.0 Å². The van der Waals surface area contributed by atoms with Gasteiger partial charge in [0.1, 0.15) is 0 Å². The number of amides is 3. The molecule has 0 atom stereocenters. The average Bonchev–Trinajstić information content (AvgIpc) is 3.37. The Labute approximate surface area is 235 Å². The normalized spacial score (nSPS) is 13.8. The molecule has 0 radical (unpaired) electrons. The summed E-state index contributed by atoms with van der Waals surface area (Å²) >= 11 is 11.9. The molecule has 1 saturated heterocycles. The monoisotopic (exact) mass is 564 g/mol. The second-order valence-electron chi connectivity index (χ2n) is 9.35. The number of urea groups is 1. The van der Waals surface area contributed by atoms with Crippen molar-refractivity contribution >= 4 is 63.4 Å². The number of carbonyl (C=O) groups excluding carboxylic acids is 3. The molecular weight excluding hydrogens is 539 g/mol. The fourth-order valence-corrected chi connectivity index (χ4v) is 5.20. The summed E-state index contributed by atoms with van der Waals surface area (Å²) in [6.07, 6.45) is 3.59. The summed E-state index contributed by atoms with van der Waals surface area (Å²) in [6, 6.07) is 16.7. The Morgan fingerprint density at radius 2 is 1.64 bits per heavy atom. The average molecular weight is 565 g/mol. The van der Waals surface area contributed by atoms with Gasteiger partial charge in [0.25, 0.3) is 5.91 Å². The minimum absolute atomic E-state index is 0.0890. The number of nitrogens with one attached hydrogen (secondary N) is 3. The number of hydrogen-bond donors (Lipinski definition) is 3. The maximum absolute atomic E-state index is 13.3. The third-order valence-electron chi connectivity index (χ3n) is 6.90. The smallest absolute Gasteiger partial charge is 0.337 e. The molecular formula is C29H26Cl2N4O4. The van der Waals surface area contributed by atoms with Crippen LogP contribution in [0, 0.1) is 0 Å². The number of rotatable bonds is 5. The van der Waals surface area contributed by atoms with Crippen molar-refractivity contribution < 1.29 is 19.1 Å². The Balaban J connectivity index is 1.21. The molecule has 0 spiro atoms. The molecule has 8 nitrogen and oxygen atoms in total. The van der Waals surface area contributed by atoms with Gasteiger partial charge in [-0.3, -0.25) is 4.79 Å². The van der Waals surface area contributed by atoms with Gasteiger partial charge in [-0.05, 0) is 78.9 Å². The van der Waals surface area contributed by atoms with Crippen LogP contribution >= 0.6 is 23.2 Å². The summed E-state index contributed by atoms with van der Waals surface area (Å²) < 4.78 is 4.86. The van der Waals surface area contributed by atoms with Gasteiger partial charge in [0.15, 0.2) is 0 Å². The van der Waals surface area contributed by atoms with Gasteiger partial charge in [0.05, 0.1) is 22.7 Å². The van der Waals surface area contributed by atoms with E-state index in [0.717, 1.165) is 29.3 Å². The Morgan fingerprint density at radius 3 is 2.36 bits per heavy atom. The Kier molecular flexibility index (Phi) is 7.77. The number of methoxy groups -OCH3 is 1. The summed E-state index contributed by atoms with van der Waals surface area (Å²) in [5.41, 5.74) is 4.10. The van der Waals surface area contributed by atoms with Crippen LogP contribution in [-0.2, 0) is 4.74 Å². The molecule has 1 aromatic heterocycles. The summed E-state index contributed by atoms with van der Waals surface area (Å²) in [4.78, 5) is 42.8. The molecule has 2 heterocycles. The topological polar surface area (TPSA) is 104 Å². The highest BCUT2D eigenvalue weighted by atomic mass is 35.5. The summed E-state index contributed by atoms with van der Waals surface area (Å²) in [5, 5.41) is 7.18. The first kappa shape index (κ1) is 26.6. The van der Waals surface area contributed by atoms with E-state index in [4.69, 9.17) is 27.9 Å². The third kappa shape index (κ3) is 5.87. The number of hydrogen-bond acceptors (Lipinski definition) is 4. The van der Waals surface area contributed by atoms with Crippen LogP contribution in [0.5, 0.6) is 0 Å². The van der Waals surface area contributed by atoms with Crippen LogP contribution in [0.4, 0.5) is 16.2 Å². The van der Waals surface area contributed by atoms with Crippen LogP contribution in [0.3, 0.4) is 0 Å². The Hall–Kier alpha value is -4.01. The first-order valence-electron chi connectivity index (χ1n) is 12.4. The van der Waals surface area contributed by atoms with E-state index >= 15 is 0 Å². The molecule has 5 rings (SSSR count). The molecule has 1 fully saturated rings. The van der Waals surface area contributed by atoms with Crippen molar-refractivity contribution in [3.8, 4) is 0 Å². The molecule has 3 N–H and O–H groups in total. The maximum Gasteiger partial charge on any atom is 0.337 e.